The Bertz CT molecular complexity index is 2770. The zero-order valence-electron chi connectivity index (χ0n) is 41.6. The van der Waals surface area contributed by atoms with Crippen LogP contribution in [-0.2, 0) is 0 Å². The van der Waals surface area contributed by atoms with E-state index in [9.17, 15) is 132 Å². The molecule has 456 valence electrons. The van der Waals surface area contributed by atoms with Crippen LogP contribution >= 0.6 is 0 Å². The van der Waals surface area contributed by atoms with Crippen LogP contribution in [0.15, 0.2) is 0 Å². The molecule has 1 aliphatic heterocycles. The second kappa shape index (κ2) is 28.6. The summed E-state index contributed by atoms with van der Waals surface area (Å²) in [6.45, 7) is 4.59. The summed E-state index contributed by atoms with van der Waals surface area (Å²) in [6.07, 6.45) is 14.8. The van der Waals surface area contributed by atoms with Crippen LogP contribution in [0, 0.1) is 175 Å². The molecule has 2 N–H and O–H groups in total. The Kier molecular flexibility index (Phi) is 23.5. The lowest BCUT2D eigenvalue weighted by molar-refractivity contribution is 0.380. The molecule has 1 saturated heterocycles. The fourth-order valence-corrected chi connectivity index (χ4v) is 14.8. The zero-order chi connectivity index (χ0) is 63.4. The number of unbranched alkanes of at least 4 members (excludes halogenated alkanes) is 8. The molecule has 0 saturated carbocycles. The van der Waals surface area contributed by atoms with Crippen LogP contribution < -0.4 is 37.2 Å². The van der Waals surface area contributed by atoms with E-state index in [2.05, 4.69) is 17.6 Å². The molecular formula is C50H30Al2F30N2. The molecule has 0 unspecified atom stereocenters. The lowest BCUT2D eigenvalue weighted by Gasteiger charge is -2.20. The molecular weight excluding hydrogens is 1250 g/mol. The largest absolute Gasteiger partial charge is 0.413 e. The molecule has 1 aliphatic rings. The predicted octanol–water partition coefficient (Wildman–Crippen LogP) is 12.0. The lowest BCUT2D eigenvalue weighted by Crippen LogP contribution is -2.60. The summed E-state index contributed by atoms with van der Waals surface area (Å²) in [7, 11) is 0. The standard InChI is InChI=1S/C14H30N2.6C6F5.2Al/c1-2-3-4-5-6-7-8-9-10-11-14-15-12-13-16-14;6*7-2-1-3(8)5(10)6(11)4(2)9;;/h14-16H,2-13H2,1H3;;;;;;;;. The van der Waals surface area contributed by atoms with Crippen molar-refractivity contribution in [3.8, 4) is 0 Å². The van der Waals surface area contributed by atoms with Gasteiger partial charge in [-0.1, -0.05) is 64.7 Å². The first-order valence-corrected chi connectivity index (χ1v) is 27.3. The van der Waals surface area contributed by atoms with E-state index < -0.39 is 229 Å². The van der Waals surface area contributed by atoms with Gasteiger partial charge in [0, 0.05) is 13.1 Å². The van der Waals surface area contributed by atoms with Crippen LogP contribution in [0.5, 0.6) is 0 Å². The lowest BCUT2D eigenvalue weighted by atomic mass is 10.1. The summed E-state index contributed by atoms with van der Waals surface area (Å²) in [6, 6.07) is 0. The Labute approximate surface area is 460 Å². The number of hydrogen-bond donors (Lipinski definition) is 2. The van der Waals surface area contributed by atoms with E-state index in [0.29, 0.717) is 6.17 Å². The van der Waals surface area contributed by atoms with Gasteiger partial charge in [0.2, 0.25) is 0 Å². The smallest absolute Gasteiger partial charge is 0.301 e. The summed E-state index contributed by atoms with van der Waals surface area (Å²) in [5, 5.41) is 6.94. The maximum absolute atomic E-state index is 14.4. The Balaban J connectivity index is 0.000000246. The van der Waals surface area contributed by atoms with Crippen molar-refractivity contribution in [2.75, 3.05) is 13.1 Å². The van der Waals surface area contributed by atoms with Crippen molar-refractivity contribution in [2.45, 2.75) is 77.3 Å². The second-order valence-corrected chi connectivity index (χ2v) is 23.0. The van der Waals surface area contributed by atoms with Gasteiger partial charge in [0.05, 0.1) is 6.17 Å². The first-order chi connectivity index (χ1) is 39.3. The van der Waals surface area contributed by atoms with Crippen molar-refractivity contribution in [1.82, 2.24) is 10.6 Å². The molecule has 0 aromatic heterocycles. The van der Waals surface area contributed by atoms with Gasteiger partial charge in [0.1, 0.15) is 0 Å². The van der Waals surface area contributed by atoms with E-state index in [1.165, 1.54) is 64.2 Å². The monoisotopic (exact) mass is 1280 g/mol. The molecule has 7 rings (SSSR count). The third kappa shape index (κ3) is 13.3. The summed E-state index contributed by atoms with van der Waals surface area (Å²) in [5.41, 5.74) is 0. The second-order valence-electron chi connectivity index (χ2n) is 17.8. The van der Waals surface area contributed by atoms with E-state index in [1.54, 1.807) is 0 Å². The average molecular weight is 1280 g/mol. The molecule has 0 aliphatic carbocycles. The average Bonchev–Trinajstić information content (AvgIpc) is 2.35. The maximum atomic E-state index is 14.4. The highest BCUT2D eigenvalue weighted by Crippen LogP contribution is 2.27. The maximum Gasteiger partial charge on any atom is 0.413 e. The molecule has 0 spiro atoms. The van der Waals surface area contributed by atoms with Gasteiger partial charge in [0.15, 0.2) is 175 Å². The van der Waals surface area contributed by atoms with Crippen LogP contribution in [0.2, 0.25) is 0 Å². The van der Waals surface area contributed by atoms with Crippen molar-refractivity contribution >= 4 is 54.8 Å². The van der Waals surface area contributed by atoms with Crippen molar-refractivity contribution in [2.24, 2.45) is 0 Å². The number of hydrogen-bond acceptors (Lipinski definition) is 2. The highest BCUT2D eigenvalue weighted by atomic mass is 27.2. The van der Waals surface area contributed by atoms with Gasteiger partial charge in [-0.25, -0.2) is 132 Å². The summed E-state index contributed by atoms with van der Waals surface area (Å²) < 4.78 is 403. The van der Waals surface area contributed by atoms with Crippen LogP contribution in [0.25, 0.3) is 0 Å². The Morgan fingerprint density at radius 2 is 0.369 bits per heavy atom. The predicted molar refractivity (Wildman–Crippen MR) is 238 cm³/mol. The van der Waals surface area contributed by atoms with Crippen LogP contribution in [0.1, 0.15) is 71.1 Å². The topological polar surface area (TPSA) is 24.1 Å². The van der Waals surface area contributed by atoms with Crippen LogP contribution in [0.4, 0.5) is 132 Å². The van der Waals surface area contributed by atoms with Gasteiger partial charge in [-0.05, 0) is 33.0 Å². The minimum absolute atomic E-state index is 0.615. The van der Waals surface area contributed by atoms with Crippen molar-refractivity contribution in [3.63, 3.8) is 0 Å². The van der Waals surface area contributed by atoms with Gasteiger partial charge in [-0.3, -0.25) is 0 Å². The van der Waals surface area contributed by atoms with Crippen molar-refractivity contribution < 1.29 is 132 Å². The van der Waals surface area contributed by atoms with Crippen molar-refractivity contribution in [1.29, 1.82) is 0 Å². The van der Waals surface area contributed by atoms with Gasteiger partial charge in [0.25, 0.3) is 0 Å². The quantitative estimate of drug-likeness (QED) is 0.0332. The SMILES string of the molecule is CCCCCCCCCCCC1NCCN1.Fc1c(F)c(F)[c]([Al]([c]2c(F)c(F)c(F)c(F)c2F)[c]2c(F)c(F)c(F)c(F)c2F)c(F)c1F.Fc1c(F)c(F)[c]([Al]([c]2c(F)c(F)c(F)c(F)c2F)[c]2c(F)c(F)c(F)c(F)c2F)c(F)c1F. The zero-order valence-corrected chi connectivity index (χ0v) is 43.9. The van der Waals surface area contributed by atoms with Gasteiger partial charge in [-0.15, -0.1) is 0 Å². The number of benzene rings is 6. The minimum Gasteiger partial charge on any atom is -0.301 e. The highest BCUT2D eigenvalue weighted by molar-refractivity contribution is 6.96. The number of halogens is 30. The Hall–Kier alpha value is -5.80. The molecule has 1 fully saturated rings. The molecule has 0 bridgehead atoms. The summed E-state index contributed by atoms with van der Waals surface area (Å²) in [5.74, 6) is -89.2. The molecule has 1 heterocycles. The fourth-order valence-electron chi connectivity index (χ4n) is 8.55. The minimum atomic E-state index is -5.96. The van der Waals surface area contributed by atoms with Gasteiger partial charge >= 0.3 is 28.3 Å². The van der Waals surface area contributed by atoms with E-state index in [4.69, 9.17) is 0 Å². The molecule has 2 nitrogen and oxygen atoms in total. The third-order valence-corrected chi connectivity index (χ3v) is 19.2. The molecule has 0 radical (unpaired) electrons. The normalized spacial score (nSPS) is 12.5. The molecule has 0 amide bonds. The van der Waals surface area contributed by atoms with E-state index in [-0.39, 0.29) is 0 Å². The fraction of sp³-hybridized carbons (Fsp3) is 0.280. The number of rotatable bonds is 16. The first-order valence-electron chi connectivity index (χ1n) is 23.8. The first kappa shape index (κ1) is 69.0. The molecule has 84 heavy (non-hydrogen) atoms. The molecule has 6 aromatic rings. The summed E-state index contributed by atoms with van der Waals surface area (Å²) in [4.78, 5) is 0. The van der Waals surface area contributed by atoms with Crippen LogP contribution in [0.3, 0.4) is 0 Å². The van der Waals surface area contributed by atoms with Crippen molar-refractivity contribution in [3.05, 3.63) is 175 Å². The molecule has 34 heteroatoms. The van der Waals surface area contributed by atoms with E-state index in [0.717, 1.165) is 13.1 Å². The number of nitrogens with one attached hydrogen (secondary N) is 2. The molecule has 0 atom stereocenters. The van der Waals surface area contributed by atoms with Crippen LogP contribution in [-0.4, -0.2) is 47.6 Å². The molecule has 6 aromatic carbocycles. The highest BCUT2D eigenvalue weighted by Gasteiger charge is 2.49. The summed E-state index contributed by atoms with van der Waals surface area (Å²) >= 11 is -11.9. The third-order valence-electron chi connectivity index (χ3n) is 12.7. The Morgan fingerprint density at radius 1 is 0.226 bits per heavy atom. The van der Waals surface area contributed by atoms with E-state index in [1.807, 2.05) is 0 Å². The Morgan fingerprint density at radius 3 is 0.536 bits per heavy atom. The van der Waals surface area contributed by atoms with Gasteiger partial charge in [-0.2, -0.15) is 0 Å². The van der Waals surface area contributed by atoms with Gasteiger partial charge < -0.3 is 10.6 Å². The van der Waals surface area contributed by atoms with E-state index >= 15 is 0 Å².